The van der Waals surface area contributed by atoms with Gasteiger partial charge >= 0.3 is 0 Å². The van der Waals surface area contributed by atoms with Gasteiger partial charge in [-0.2, -0.15) is 0 Å². The Morgan fingerprint density at radius 1 is 1.16 bits per heavy atom. The van der Waals surface area contributed by atoms with Crippen molar-refractivity contribution in [3.63, 3.8) is 0 Å². The van der Waals surface area contributed by atoms with Crippen LogP contribution in [-0.2, 0) is 7.05 Å². The van der Waals surface area contributed by atoms with Crippen LogP contribution in [0.2, 0.25) is 0 Å². The van der Waals surface area contributed by atoms with Gasteiger partial charge in [0.25, 0.3) is 5.56 Å². The number of hydrogen-bond acceptors (Lipinski definition) is 4. The highest BCUT2D eigenvalue weighted by Gasteiger charge is 2.19. The van der Waals surface area contributed by atoms with E-state index in [9.17, 15) is 4.79 Å². The maximum Gasteiger partial charge on any atom is 0.297 e. The molecule has 2 rings (SSSR count). The van der Waals surface area contributed by atoms with Gasteiger partial charge in [0.15, 0.2) is 5.75 Å². The average Bonchev–Trinajstić information content (AvgIpc) is 2.73. The molecule has 5 heteroatoms. The zero-order chi connectivity index (χ0) is 23.7. The Hall–Kier alpha value is -2.69. The zero-order valence-corrected chi connectivity index (χ0v) is 20.9. The molecule has 0 aliphatic rings. The molecular weight excluding hydrogens is 400 g/mol. The third kappa shape index (κ3) is 7.18. The average molecular weight is 441 g/mol. The standard InChI is InChI=1S/C27H40N2O3/c1-8-9-16-28-22-13-14-23-24(18-22)29(7)27(30)26(32-20(4)5)25(23)31-17-15-21(6)12-10-11-19(2)3/h11,13-15,18,20,28H,8-10,12,16-17H2,1-7H3/b21-15+. The minimum Gasteiger partial charge on any atom is -0.485 e. The van der Waals surface area contributed by atoms with Crippen molar-refractivity contribution < 1.29 is 9.47 Å². The molecule has 0 fully saturated rings. The Morgan fingerprint density at radius 2 is 1.91 bits per heavy atom. The fraction of sp³-hybridized carbons (Fsp3) is 0.519. The first-order valence-corrected chi connectivity index (χ1v) is 11.7. The zero-order valence-electron chi connectivity index (χ0n) is 20.9. The number of allylic oxidation sites excluding steroid dienone is 3. The number of pyridine rings is 1. The molecule has 5 nitrogen and oxygen atoms in total. The molecule has 1 heterocycles. The van der Waals surface area contributed by atoms with E-state index in [1.54, 1.807) is 11.6 Å². The fourth-order valence-corrected chi connectivity index (χ4v) is 3.44. The maximum atomic E-state index is 13.1. The first-order chi connectivity index (χ1) is 15.2. The van der Waals surface area contributed by atoms with Crippen molar-refractivity contribution >= 4 is 16.6 Å². The quantitative estimate of drug-likeness (QED) is 0.298. The number of ether oxygens (including phenoxy) is 2. The normalized spacial score (nSPS) is 11.7. The molecule has 0 spiro atoms. The van der Waals surface area contributed by atoms with E-state index in [0.29, 0.717) is 12.4 Å². The van der Waals surface area contributed by atoms with Crippen LogP contribution in [0, 0.1) is 0 Å². The second kappa shape index (κ2) is 12.4. The lowest BCUT2D eigenvalue weighted by Gasteiger charge is -2.19. The molecule has 0 saturated carbocycles. The highest BCUT2D eigenvalue weighted by molar-refractivity contribution is 5.90. The first kappa shape index (κ1) is 25.6. The van der Waals surface area contributed by atoms with E-state index in [4.69, 9.17) is 9.47 Å². The third-order valence-corrected chi connectivity index (χ3v) is 5.27. The molecule has 0 saturated heterocycles. The van der Waals surface area contributed by atoms with Gasteiger partial charge in [-0.3, -0.25) is 4.79 Å². The van der Waals surface area contributed by atoms with E-state index in [0.717, 1.165) is 48.8 Å². The topological polar surface area (TPSA) is 52.5 Å². The Kier molecular flexibility index (Phi) is 9.89. The highest BCUT2D eigenvalue weighted by atomic mass is 16.5. The molecule has 0 aliphatic heterocycles. The van der Waals surface area contributed by atoms with Gasteiger partial charge in [-0.15, -0.1) is 0 Å². The number of nitrogens with zero attached hydrogens (tertiary/aromatic N) is 1. The summed E-state index contributed by atoms with van der Waals surface area (Å²) in [5.41, 5.74) is 4.24. The van der Waals surface area contributed by atoms with E-state index >= 15 is 0 Å². The predicted molar refractivity (Wildman–Crippen MR) is 136 cm³/mol. The Balaban J connectivity index is 2.38. The summed E-state index contributed by atoms with van der Waals surface area (Å²) in [5, 5.41) is 4.31. The van der Waals surface area contributed by atoms with E-state index in [1.807, 2.05) is 32.0 Å². The van der Waals surface area contributed by atoms with Crippen molar-refractivity contribution in [2.45, 2.75) is 73.3 Å². The number of aryl methyl sites for hydroxylation is 1. The van der Waals surface area contributed by atoms with Gasteiger partial charge in [-0.05, 0) is 78.2 Å². The lowest BCUT2D eigenvalue weighted by Crippen LogP contribution is -2.23. The van der Waals surface area contributed by atoms with Crippen molar-refractivity contribution in [3.05, 3.63) is 51.9 Å². The molecule has 0 atom stereocenters. The molecule has 1 aromatic carbocycles. The molecule has 0 radical (unpaired) electrons. The molecule has 0 aliphatic carbocycles. The molecule has 0 amide bonds. The van der Waals surface area contributed by atoms with Crippen molar-refractivity contribution in [2.75, 3.05) is 18.5 Å². The summed E-state index contributed by atoms with van der Waals surface area (Å²) in [6, 6.07) is 6.06. The van der Waals surface area contributed by atoms with Crippen molar-refractivity contribution in [1.29, 1.82) is 0 Å². The smallest absolute Gasteiger partial charge is 0.297 e. The van der Waals surface area contributed by atoms with E-state index in [-0.39, 0.29) is 17.4 Å². The van der Waals surface area contributed by atoms with E-state index < -0.39 is 0 Å². The molecule has 1 N–H and O–H groups in total. The second-order valence-electron chi connectivity index (χ2n) is 8.88. The van der Waals surface area contributed by atoms with Gasteiger partial charge in [-0.25, -0.2) is 0 Å². The van der Waals surface area contributed by atoms with Crippen LogP contribution in [0.3, 0.4) is 0 Å². The van der Waals surface area contributed by atoms with Gasteiger partial charge in [-0.1, -0.05) is 30.6 Å². The van der Waals surface area contributed by atoms with E-state index in [1.165, 1.54) is 11.1 Å². The summed E-state index contributed by atoms with van der Waals surface area (Å²) in [6.45, 7) is 13.7. The van der Waals surface area contributed by atoms with Crippen LogP contribution in [0.5, 0.6) is 11.5 Å². The molecule has 1 aromatic heterocycles. The number of nitrogens with one attached hydrogen (secondary N) is 1. The lowest BCUT2D eigenvalue weighted by atomic mass is 10.1. The van der Waals surface area contributed by atoms with Crippen LogP contribution >= 0.6 is 0 Å². The molecule has 0 unspecified atom stereocenters. The Labute approximate surface area is 193 Å². The molecule has 0 bridgehead atoms. The van der Waals surface area contributed by atoms with Crippen LogP contribution in [0.1, 0.15) is 67.2 Å². The van der Waals surface area contributed by atoms with Gasteiger partial charge in [0.05, 0.1) is 11.6 Å². The van der Waals surface area contributed by atoms with Crippen LogP contribution in [0.4, 0.5) is 5.69 Å². The molecule has 32 heavy (non-hydrogen) atoms. The molecular formula is C27H40N2O3. The highest BCUT2D eigenvalue weighted by Crippen LogP contribution is 2.34. The minimum atomic E-state index is -0.184. The summed E-state index contributed by atoms with van der Waals surface area (Å²) < 4.78 is 13.7. The number of benzene rings is 1. The van der Waals surface area contributed by atoms with Crippen molar-refractivity contribution in [1.82, 2.24) is 4.57 Å². The largest absolute Gasteiger partial charge is 0.485 e. The van der Waals surface area contributed by atoms with Gasteiger partial charge < -0.3 is 19.4 Å². The monoisotopic (exact) mass is 440 g/mol. The summed E-state index contributed by atoms with van der Waals surface area (Å²) in [5.74, 6) is 0.794. The predicted octanol–water partition coefficient (Wildman–Crippen LogP) is 6.61. The van der Waals surface area contributed by atoms with Crippen LogP contribution in [0.15, 0.2) is 46.3 Å². The SMILES string of the molecule is CCCCNc1ccc2c(OC/C=C(\C)CCC=C(C)C)c(OC(C)C)c(=O)n(C)c2c1. The van der Waals surface area contributed by atoms with E-state index in [2.05, 4.69) is 45.2 Å². The minimum absolute atomic E-state index is 0.126. The summed E-state index contributed by atoms with van der Waals surface area (Å²) in [4.78, 5) is 13.1. The maximum absolute atomic E-state index is 13.1. The Bertz CT molecular complexity index is 1010. The van der Waals surface area contributed by atoms with Crippen LogP contribution in [0.25, 0.3) is 10.9 Å². The van der Waals surface area contributed by atoms with Crippen LogP contribution in [-0.4, -0.2) is 23.8 Å². The third-order valence-electron chi connectivity index (χ3n) is 5.27. The number of unbranched alkanes of at least 4 members (excludes halogenated alkanes) is 1. The fourth-order valence-electron chi connectivity index (χ4n) is 3.44. The molecule has 2 aromatic rings. The number of anilines is 1. The summed E-state index contributed by atoms with van der Waals surface area (Å²) in [6.07, 6.45) is 8.46. The summed E-state index contributed by atoms with van der Waals surface area (Å²) in [7, 11) is 1.78. The summed E-state index contributed by atoms with van der Waals surface area (Å²) >= 11 is 0. The van der Waals surface area contributed by atoms with Gasteiger partial charge in [0, 0.05) is 24.7 Å². The number of aromatic nitrogens is 1. The van der Waals surface area contributed by atoms with Gasteiger partial charge in [0.1, 0.15) is 6.61 Å². The lowest BCUT2D eigenvalue weighted by molar-refractivity contribution is 0.222. The van der Waals surface area contributed by atoms with Crippen molar-refractivity contribution in [3.8, 4) is 11.5 Å². The van der Waals surface area contributed by atoms with Crippen molar-refractivity contribution in [2.24, 2.45) is 7.05 Å². The van der Waals surface area contributed by atoms with Gasteiger partial charge in [0.2, 0.25) is 5.75 Å². The number of hydrogen-bond donors (Lipinski definition) is 1. The number of rotatable bonds is 12. The molecule has 176 valence electrons. The van der Waals surface area contributed by atoms with Crippen LogP contribution < -0.4 is 20.3 Å². The second-order valence-corrected chi connectivity index (χ2v) is 8.88. The number of fused-ring (bicyclic) bond motifs is 1. The first-order valence-electron chi connectivity index (χ1n) is 11.7. The Morgan fingerprint density at radius 3 is 2.56 bits per heavy atom.